The average Bonchev–Trinajstić information content (AvgIpc) is 3.06. The number of halogens is 2. The number of piperazine rings is 1. The van der Waals surface area contributed by atoms with Gasteiger partial charge in [0.15, 0.2) is 0 Å². The average molecular weight is 355 g/mol. The molecule has 1 amide bonds. The molecule has 0 spiro atoms. The minimum Gasteiger partial charge on any atom is -0.367 e. The van der Waals surface area contributed by atoms with Crippen molar-refractivity contribution in [1.29, 1.82) is 0 Å². The van der Waals surface area contributed by atoms with Crippen LogP contribution in [0.15, 0.2) is 18.2 Å². The molecule has 0 N–H and O–H groups in total. The highest BCUT2D eigenvalue weighted by Crippen LogP contribution is 2.30. The molecule has 1 saturated carbocycles. The number of benzene rings is 1. The van der Waals surface area contributed by atoms with E-state index in [2.05, 4.69) is 4.90 Å². The molecule has 2 aliphatic rings. The standard InChI is InChI=1S/C18H24Cl2N2O/c19-15-6-7-17(16(20)13-15)21-9-11-22(12-10-21)18(23)8-5-14-3-1-2-4-14/h6-7,13-14H,1-5,8-12H2. The van der Waals surface area contributed by atoms with Crippen molar-refractivity contribution in [1.82, 2.24) is 4.90 Å². The van der Waals surface area contributed by atoms with E-state index in [1.54, 1.807) is 6.07 Å². The Bertz CT molecular complexity index is 550. The summed E-state index contributed by atoms with van der Waals surface area (Å²) in [7, 11) is 0. The van der Waals surface area contributed by atoms with Crippen molar-refractivity contribution in [3.05, 3.63) is 28.2 Å². The molecule has 1 aliphatic carbocycles. The van der Waals surface area contributed by atoms with Crippen LogP contribution >= 0.6 is 23.2 Å². The predicted octanol–water partition coefficient (Wildman–Crippen LogP) is 4.61. The molecule has 1 aromatic rings. The highest BCUT2D eigenvalue weighted by molar-refractivity contribution is 6.36. The van der Waals surface area contributed by atoms with E-state index < -0.39 is 0 Å². The number of hydrogen-bond donors (Lipinski definition) is 0. The summed E-state index contributed by atoms with van der Waals surface area (Å²) in [5, 5.41) is 1.33. The summed E-state index contributed by atoms with van der Waals surface area (Å²) < 4.78 is 0. The Morgan fingerprint density at radius 3 is 2.43 bits per heavy atom. The normalized spacial score (nSPS) is 19.4. The first-order valence-corrected chi connectivity index (χ1v) is 9.37. The van der Waals surface area contributed by atoms with Gasteiger partial charge in [0.1, 0.15) is 0 Å². The zero-order valence-corrected chi connectivity index (χ0v) is 15.0. The summed E-state index contributed by atoms with van der Waals surface area (Å²) in [6, 6.07) is 5.60. The Morgan fingerprint density at radius 1 is 1.09 bits per heavy atom. The Labute approximate surface area is 148 Å². The summed E-state index contributed by atoms with van der Waals surface area (Å²) in [5.41, 5.74) is 1.01. The first-order chi connectivity index (χ1) is 11.1. The van der Waals surface area contributed by atoms with Gasteiger partial charge in [-0.3, -0.25) is 4.79 Å². The number of carbonyl (C=O) groups excluding carboxylic acids is 1. The van der Waals surface area contributed by atoms with E-state index in [-0.39, 0.29) is 0 Å². The molecule has 1 aromatic carbocycles. The summed E-state index contributed by atoms with van der Waals surface area (Å²) in [6.45, 7) is 3.22. The quantitative estimate of drug-likeness (QED) is 0.787. The Balaban J connectivity index is 1.48. The zero-order valence-electron chi connectivity index (χ0n) is 13.4. The molecule has 23 heavy (non-hydrogen) atoms. The van der Waals surface area contributed by atoms with Crippen molar-refractivity contribution < 1.29 is 4.79 Å². The molecule has 0 unspecified atom stereocenters. The van der Waals surface area contributed by atoms with E-state index >= 15 is 0 Å². The van der Waals surface area contributed by atoms with Gasteiger partial charge in [-0.15, -0.1) is 0 Å². The van der Waals surface area contributed by atoms with Crippen molar-refractivity contribution in [3.63, 3.8) is 0 Å². The van der Waals surface area contributed by atoms with Crippen molar-refractivity contribution in [2.45, 2.75) is 38.5 Å². The Morgan fingerprint density at radius 2 is 1.78 bits per heavy atom. The van der Waals surface area contributed by atoms with E-state index in [0.717, 1.165) is 44.2 Å². The highest BCUT2D eigenvalue weighted by atomic mass is 35.5. The number of rotatable bonds is 4. The SMILES string of the molecule is O=C(CCC1CCCC1)N1CCN(c2ccc(Cl)cc2Cl)CC1. The summed E-state index contributed by atoms with van der Waals surface area (Å²) in [4.78, 5) is 16.6. The van der Waals surface area contributed by atoms with Gasteiger partial charge >= 0.3 is 0 Å². The van der Waals surface area contributed by atoms with Crippen LogP contribution in [0.3, 0.4) is 0 Å². The van der Waals surface area contributed by atoms with E-state index in [9.17, 15) is 4.79 Å². The minimum absolute atomic E-state index is 0.318. The van der Waals surface area contributed by atoms with Crippen molar-refractivity contribution in [2.75, 3.05) is 31.1 Å². The maximum atomic E-state index is 12.4. The fraction of sp³-hybridized carbons (Fsp3) is 0.611. The molecule has 2 fully saturated rings. The molecule has 0 atom stereocenters. The van der Waals surface area contributed by atoms with Crippen molar-refractivity contribution in [2.24, 2.45) is 5.92 Å². The van der Waals surface area contributed by atoms with Crippen molar-refractivity contribution in [3.8, 4) is 0 Å². The fourth-order valence-electron chi connectivity index (χ4n) is 3.72. The number of carbonyl (C=O) groups is 1. The molecular formula is C18H24Cl2N2O. The van der Waals surface area contributed by atoms with Gasteiger partial charge in [0.25, 0.3) is 0 Å². The van der Waals surface area contributed by atoms with Crippen LogP contribution in [0.1, 0.15) is 38.5 Å². The summed E-state index contributed by atoms with van der Waals surface area (Å²) >= 11 is 12.2. The van der Waals surface area contributed by atoms with E-state index in [4.69, 9.17) is 23.2 Å². The second kappa shape index (κ2) is 7.76. The third kappa shape index (κ3) is 4.33. The van der Waals surface area contributed by atoms with Gasteiger partial charge in [-0.25, -0.2) is 0 Å². The van der Waals surface area contributed by atoms with Crippen LogP contribution in [-0.4, -0.2) is 37.0 Å². The molecule has 1 aliphatic heterocycles. The monoisotopic (exact) mass is 354 g/mol. The van der Waals surface area contributed by atoms with Gasteiger partial charge in [-0.1, -0.05) is 48.9 Å². The van der Waals surface area contributed by atoms with Crippen molar-refractivity contribution >= 4 is 34.8 Å². The number of hydrogen-bond acceptors (Lipinski definition) is 2. The Kier molecular flexibility index (Phi) is 5.71. The summed E-state index contributed by atoms with van der Waals surface area (Å²) in [6.07, 6.45) is 7.11. The van der Waals surface area contributed by atoms with Gasteiger partial charge in [-0.05, 0) is 30.5 Å². The smallest absolute Gasteiger partial charge is 0.222 e. The first kappa shape index (κ1) is 16.9. The second-order valence-corrected chi connectivity index (χ2v) is 7.50. The number of anilines is 1. The van der Waals surface area contributed by atoms with Crippen LogP contribution < -0.4 is 4.90 Å². The third-order valence-corrected chi connectivity index (χ3v) is 5.66. The zero-order chi connectivity index (χ0) is 16.2. The lowest BCUT2D eigenvalue weighted by molar-refractivity contribution is -0.131. The van der Waals surface area contributed by atoms with Crippen LogP contribution in [0.4, 0.5) is 5.69 Å². The topological polar surface area (TPSA) is 23.6 Å². The van der Waals surface area contributed by atoms with Gasteiger partial charge in [-0.2, -0.15) is 0 Å². The molecule has 126 valence electrons. The molecule has 5 heteroatoms. The molecule has 3 nitrogen and oxygen atoms in total. The fourth-order valence-corrected chi connectivity index (χ4v) is 4.25. The van der Waals surface area contributed by atoms with Crippen LogP contribution in [0.25, 0.3) is 0 Å². The number of nitrogens with zero attached hydrogens (tertiary/aromatic N) is 2. The lowest BCUT2D eigenvalue weighted by Crippen LogP contribution is -2.48. The lowest BCUT2D eigenvalue weighted by Gasteiger charge is -2.36. The predicted molar refractivity (Wildman–Crippen MR) is 96.4 cm³/mol. The molecular weight excluding hydrogens is 331 g/mol. The number of amides is 1. The Hall–Kier alpha value is -0.930. The van der Waals surface area contributed by atoms with Gasteiger partial charge in [0.2, 0.25) is 5.91 Å². The van der Waals surface area contributed by atoms with E-state index in [1.165, 1.54) is 25.7 Å². The van der Waals surface area contributed by atoms with Crippen LogP contribution in [0, 0.1) is 5.92 Å². The van der Waals surface area contributed by atoms with E-state index in [0.29, 0.717) is 22.4 Å². The van der Waals surface area contributed by atoms with E-state index in [1.807, 2.05) is 17.0 Å². The first-order valence-electron chi connectivity index (χ1n) is 8.61. The largest absolute Gasteiger partial charge is 0.367 e. The maximum absolute atomic E-state index is 12.4. The van der Waals surface area contributed by atoms with Crippen LogP contribution in [0.5, 0.6) is 0 Å². The maximum Gasteiger partial charge on any atom is 0.222 e. The molecule has 1 heterocycles. The van der Waals surface area contributed by atoms with Crippen LogP contribution in [0.2, 0.25) is 10.0 Å². The second-order valence-electron chi connectivity index (χ2n) is 6.65. The van der Waals surface area contributed by atoms with Crippen LogP contribution in [-0.2, 0) is 4.79 Å². The summed E-state index contributed by atoms with van der Waals surface area (Å²) in [5.74, 6) is 1.10. The molecule has 3 rings (SSSR count). The molecule has 0 aromatic heterocycles. The van der Waals surface area contributed by atoms with Gasteiger partial charge in [0, 0.05) is 37.6 Å². The minimum atomic E-state index is 0.318. The molecule has 0 bridgehead atoms. The van der Waals surface area contributed by atoms with Gasteiger partial charge in [0.05, 0.1) is 10.7 Å². The highest BCUT2D eigenvalue weighted by Gasteiger charge is 2.23. The van der Waals surface area contributed by atoms with Gasteiger partial charge < -0.3 is 9.80 Å². The molecule has 1 saturated heterocycles. The third-order valence-electron chi connectivity index (χ3n) is 5.12. The lowest BCUT2D eigenvalue weighted by atomic mass is 10.0. The molecule has 0 radical (unpaired) electrons.